The van der Waals surface area contributed by atoms with Crippen LogP contribution in [0.5, 0.6) is 0 Å². The molecule has 1 N–H and O–H groups in total. The van der Waals surface area contributed by atoms with Crippen molar-refractivity contribution in [1.82, 2.24) is 5.32 Å². The van der Waals surface area contributed by atoms with Crippen molar-refractivity contribution in [2.45, 2.75) is 58.0 Å². The molecule has 4 nitrogen and oxygen atoms in total. The van der Waals surface area contributed by atoms with Gasteiger partial charge in [0, 0.05) is 12.1 Å². The predicted molar refractivity (Wildman–Crippen MR) is 83.7 cm³/mol. The zero-order chi connectivity index (χ0) is 15.7. The molecule has 0 aliphatic carbocycles. The summed E-state index contributed by atoms with van der Waals surface area (Å²) in [6.07, 6.45) is 9.00. The highest BCUT2D eigenvalue weighted by molar-refractivity contribution is 5.99. The molecular formula is C17H27NO3. The minimum absolute atomic E-state index is 0.193. The second-order valence-electron chi connectivity index (χ2n) is 5.54. The zero-order valence-corrected chi connectivity index (χ0v) is 13.0. The molecule has 0 spiro atoms. The number of nitrogens with one attached hydrogen (secondary N) is 1. The van der Waals surface area contributed by atoms with Crippen molar-refractivity contribution in [3.8, 4) is 0 Å². The van der Waals surface area contributed by atoms with Gasteiger partial charge in [0.05, 0.1) is 0 Å². The van der Waals surface area contributed by atoms with Gasteiger partial charge in [-0.3, -0.25) is 4.79 Å². The van der Waals surface area contributed by atoms with E-state index in [0.717, 1.165) is 19.3 Å². The van der Waals surface area contributed by atoms with E-state index in [4.69, 9.17) is 4.74 Å². The van der Waals surface area contributed by atoms with Crippen molar-refractivity contribution < 1.29 is 14.3 Å². The molecule has 0 saturated carbocycles. The summed E-state index contributed by atoms with van der Waals surface area (Å²) in [5.74, 6) is -1.18. The van der Waals surface area contributed by atoms with Crippen molar-refractivity contribution in [2.75, 3.05) is 6.54 Å². The Balaban J connectivity index is 2.42. The third kappa shape index (κ3) is 5.37. The average Bonchev–Trinajstić information content (AvgIpc) is 2.75. The highest BCUT2D eigenvalue weighted by atomic mass is 16.6. The first kappa shape index (κ1) is 17.5. The van der Waals surface area contributed by atoms with Crippen LogP contribution in [0.15, 0.2) is 24.8 Å². The van der Waals surface area contributed by atoms with Gasteiger partial charge in [-0.05, 0) is 12.8 Å². The third-order valence-electron chi connectivity index (χ3n) is 3.81. The number of ether oxygens (including phenoxy) is 1. The van der Waals surface area contributed by atoms with Crippen molar-refractivity contribution in [1.29, 1.82) is 0 Å². The van der Waals surface area contributed by atoms with Crippen molar-refractivity contribution in [2.24, 2.45) is 5.92 Å². The Kier molecular flexibility index (Phi) is 7.80. The number of cyclic esters (lactones) is 1. The molecule has 1 fully saturated rings. The van der Waals surface area contributed by atoms with Crippen LogP contribution >= 0.6 is 0 Å². The molecule has 1 saturated heterocycles. The molecule has 0 aromatic heterocycles. The minimum atomic E-state index is -0.548. The van der Waals surface area contributed by atoms with Crippen LogP contribution in [0, 0.1) is 5.92 Å². The summed E-state index contributed by atoms with van der Waals surface area (Å²) in [7, 11) is 0. The third-order valence-corrected chi connectivity index (χ3v) is 3.81. The Morgan fingerprint density at radius 2 is 1.95 bits per heavy atom. The lowest BCUT2D eigenvalue weighted by Gasteiger charge is -2.17. The van der Waals surface area contributed by atoms with Crippen molar-refractivity contribution >= 4 is 11.9 Å². The van der Waals surface area contributed by atoms with Gasteiger partial charge >= 0.3 is 5.97 Å². The van der Waals surface area contributed by atoms with E-state index < -0.39 is 11.9 Å². The lowest BCUT2D eigenvalue weighted by atomic mass is 9.92. The minimum Gasteiger partial charge on any atom is -0.458 e. The molecule has 4 heteroatoms. The number of rotatable bonds is 10. The number of carbonyl (C=O) groups is 2. The highest BCUT2D eigenvalue weighted by Gasteiger charge is 2.42. The van der Waals surface area contributed by atoms with E-state index >= 15 is 0 Å². The first-order chi connectivity index (χ1) is 10.1. The maximum Gasteiger partial charge on any atom is 0.334 e. The maximum absolute atomic E-state index is 12.1. The van der Waals surface area contributed by atoms with Crippen LogP contribution in [-0.2, 0) is 14.3 Å². The lowest BCUT2D eigenvalue weighted by Crippen LogP contribution is -2.36. The van der Waals surface area contributed by atoms with Gasteiger partial charge in [0.15, 0.2) is 0 Å². The monoisotopic (exact) mass is 293 g/mol. The normalized spacial score (nSPS) is 21.2. The number of esters is 1. The van der Waals surface area contributed by atoms with E-state index in [-0.39, 0.29) is 17.6 Å². The second kappa shape index (κ2) is 9.37. The Hall–Kier alpha value is -1.58. The fraction of sp³-hybridized carbons (Fsp3) is 0.647. The maximum atomic E-state index is 12.1. The Morgan fingerprint density at radius 1 is 1.29 bits per heavy atom. The molecule has 2 atom stereocenters. The van der Waals surface area contributed by atoms with E-state index in [1.807, 2.05) is 0 Å². The summed E-state index contributed by atoms with van der Waals surface area (Å²) in [6, 6.07) is 0. The Morgan fingerprint density at radius 3 is 2.62 bits per heavy atom. The summed E-state index contributed by atoms with van der Waals surface area (Å²) >= 11 is 0. The van der Waals surface area contributed by atoms with Crippen molar-refractivity contribution in [3.05, 3.63) is 24.8 Å². The molecule has 0 bridgehead atoms. The number of hydrogen-bond acceptors (Lipinski definition) is 3. The van der Waals surface area contributed by atoms with Gasteiger partial charge in [0.2, 0.25) is 5.91 Å². The number of carbonyl (C=O) groups excluding carboxylic acids is 2. The van der Waals surface area contributed by atoms with Crippen LogP contribution < -0.4 is 5.32 Å². The fourth-order valence-electron chi connectivity index (χ4n) is 2.59. The zero-order valence-electron chi connectivity index (χ0n) is 13.0. The largest absolute Gasteiger partial charge is 0.458 e. The first-order valence-corrected chi connectivity index (χ1v) is 7.90. The van der Waals surface area contributed by atoms with Gasteiger partial charge in [-0.2, -0.15) is 0 Å². The van der Waals surface area contributed by atoms with E-state index in [2.05, 4.69) is 25.4 Å². The molecule has 0 aromatic rings. The molecule has 21 heavy (non-hydrogen) atoms. The molecule has 118 valence electrons. The highest BCUT2D eigenvalue weighted by Crippen LogP contribution is 2.30. The van der Waals surface area contributed by atoms with Crippen LogP contribution in [0.1, 0.15) is 51.9 Å². The standard InChI is InChI=1S/C17H27NO3/c1-4-6-7-8-9-10-11-14-15(13(3)17(20)21-14)16(19)18-12-5-2/h5,14-15H,2-4,6-12H2,1H3,(H,18,19)/t14-,15?/m1/s1. The average molecular weight is 293 g/mol. The summed E-state index contributed by atoms with van der Waals surface area (Å²) in [5.41, 5.74) is 0.271. The molecular weight excluding hydrogens is 266 g/mol. The second-order valence-corrected chi connectivity index (χ2v) is 5.54. The molecule has 1 unspecified atom stereocenters. The van der Waals surface area contributed by atoms with Gasteiger partial charge in [-0.15, -0.1) is 6.58 Å². The molecule has 1 heterocycles. The van der Waals surface area contributed by atoms with Crippen LogP contribution in [0.4, 0.5) is 0 Å². The van der Waals surface area contributed by atoms with Gasteiger partial charge in [-0.25, -0.2) is 4.79 Å². The SMILES string of the molecule is C=CCNC(=O)C1C(=C)C(=O)O[C@@H]1CCCCCCCC. The van der Waals surface area contributed by atoms with Crippen LogP contribution in [-0.4, -0.2) is 24.5 Å². The van der Waals surface area contributed by atoms with Gasteiger partial charge in [0.1, 0.15) is 12.0 Å². The molecule has 1 aliphatic rings. The van der Waals surface area contributed by atoms with E-state index in [1.54, 1.807) is 6.08 Å². The van der Waals surface area contributed by atoms with Gasteiger partial charge < -0.3 is 10.1 Å². The molecule has 0 aromatic carbocycles. The number of hydrogen-bond donors (Lipinski definition) is 1. The topological polar surface area (TPSA) is 55.4 Å². The predicted octanol–water partition coefficient (Wildman–Crippen LogP) is 3.14. The number of amides is 1. The van der Waals surface area contributed by atoms with Crippen LogP contribution in [0.25, 0.3) is 0 Å². The summed E-state index contributed by atoms with van der Waals surface area (Å²) in [4.78, 5) is 23.7. The summed E-state index contributed by atoms with van der Waals surface area (Å²) in [6.45, 7) is 9.85. The summed E-state index contributed by atoms with van der Waals surface area (Å²) in [5, 5.41) is 2.72. The molecule has 0 radical (unpaired) electrons. The quantitative estimate of drug-likeness (QED) is 0.291. The van der Waals surface area contributed by atoms with E-state index in [9.17, 15) is 9.59 Å². The van der Waals surface area contributed by atoms with Gasteiger partial charge in [-0.1, -0.05) is 51.7 Å². The lowest BCUT2D eigenvalue weighted by molar-refractivity contribution is -0.140. The van der Waals surface area contributed by atoms with E-state index in [0.29, 0.717) is 6.54 Å². The molecule has 1 rings (SSSR count). The van der Waals surface area contributed by atoms with E-state index in [1.165, 1.54) is 25.7 Å². The fourth-order valence-corrected chi connectivity index (χ4v) is 2.59. The summed E-state index contributed by atoms with van der Waals surface area (Å²) < 4.78 is 5.29. The van der Waals surface area contributed by atoms with Crippen LogP contribution in [0.2, 0.25) is 0 Å². The Labute approximate surface area is 127 Å². The van der Waals surface area contributed by atoms with Crippen molar-refractivity contribution in [3.63, 3.8) is 0 Å². The van der Waals surface area contributed by atoms with Gasteiger partial charge in [0.25, 0.3) is 0 Å². The molecule has 1 aliphatic heterocycles. The Bertz CT molecular complexity index is 389. The molecule has 1 amide bonds. The first-order valence-electron chi connectivity index (χ1n) is 7.90. The smallest absolute Gasteiger partial charge is 0.334 e. The number of unbranched alkanes of at least 4 members (excludes halogenated alkanes) is 5. The van der Waals surface area contributed by atoms with Crippen LogP contribution in [0.3, 0.4) is 0 Å².